The third-order valence-corrected chi connectivity index (χ3v) is 28.1. The van der Waals surface area contributed by atoms with E-state index in [1.165, 1.54) is 54.3 Å². The zero-order chi connectivity index (χ0) is 31.8. The molecule has 0 spiro atoms. The van der Waals surface area contributed by atoms with E-state index in [9.17, 15) is 0 Å². The third kappa shape index (κ3) is 5.73. The fourth-order valence-electron chi connectivity index (χ4n) is 8.43. The minimum atomic E-state index is -4.85. The van der Waals surface area contributed by atoms with Crippen LogP contribution in [0.15, 0.2) is 97.2 Å². The summed E-state index contributed by atoms with van der Waals surface area (Å²) in [5.41, 5.74) is 11.5. The van der Waals surface area contributed by atoms with Crippen LogP contribution >= 0.6 is 56.7 Å². The first-order valence-electron chi connectivity index (χ1n) is 15.8. The number of fused-ring (bicyclic) bond motifs is 3. The molecule has 0 N–H and O–H groups in total. The second-order valence-electron chi connectivity index (χ2n) is 15.2. The Labute approximate surface area is 306 Å². The summed E-state index contributed by atoms with van der Waals surface area (Å²) in [6.45, 7) is 18.8. The number of rotatable bonds is 4. The van der Waals surface area contributed by atoms with Crippen LogP contribution in [0.3, 0.4) is 0 Å². The van der Waals surface area contributed by atoms with Gasteiger partial charge >= 0.3 is 285 Å². The van der Waals surface area contributed by atoms with Crippen molar-refractivity contribution in [3.05, 3.63) is 131 Å². The second kappa shape index (κ2) is 12.8. The first-order chi connectivity index (χ1) is 20.5. The molecule has 0 nitrogen and oxygen atoms in total. The number of hydrogen-bond acceptors (Lipinski definition) is 0. The average Bonchev–Trinajstić information content (AvgIpc) is 3.60. The Morgan fingerprint density at radius 2 is 1.20 bits per heavy atom. The minimum absolute atomic E-state index is 0. The van der Waals surface area contributed by atoms with Crippen LogP contribution in [0, 0.1) is 13.8 Å². The van der Waals surface area contributed by atoms with Gasteiger partial charge < -0.3 is 0 Å². The van der Waals surface area contributed by atoms with E-state index in [0.717, 1.165) is 21.8 Å². The summed E-state index contributed by atoms with van der Waals surface area (Å²) in [6, 6.07) is 26.0. The topological polar surface area (TPSA) is 0 Å². The molecule has 0 amide bonds. The molecule has 0 unspecified atom stereocenters. The molecule has 0 radical (unpaired) electrons. The van der Waals surface area contributed by atoms with Gasteiger partial charge in [0.25, 0.3) is 0 Å². The van der Waals surface area contributed by atoms with E-state index >= 15 is 0 Å². The van der Waals surface area contributed by atoms with Crippen LogP contribution in [0.4, 0.5) is 0 Å². The van der Waals surface area contributed by atoms with Crippen LogP contribution in [0.2, 0.25) is 0 Å². The van der Waals surface area contributed by atoms with Crippen LogP contribution in [0.25, 0.3) is 11.1 Å². The van der Waals surface area contributed by atoms with E-state index < -0.39 is 18.3 Å². The third-order valence-electron chi connectivity index (χ3n) is 10.4. The molecule has 4 aromatic rings. The van der Waals surface area contributed by atoms with Crippen molar-refractivity contribution in [3.63, 3.8) is 0 Å². The van der Waals surface area contributed by atoms with Crippen molar-refractivity contribution in [3.8, 4) is 11.1 Å². The molecule has 0 heterocycles. The van der Waals surface area contributed by atoms with Gasteiger partial charge in [0.15, 0.2) is 0 Å². The van der Waals surface area contributed by atoms with Crippen molar-refractivity contribution in [2.75, 3.05) is 0 Å². The van der Waals surface area contributed by atoms with Crippen molar-refractivity contribution < 1.29 is 18.3 Å². The Bertz CT molecular complexity index is 1900. The van der Waals surface area contributed by atoms with Gasteiger partial charge in [-0.25, -0.2) is 0 Å². The molecule has 2 aliphatic carbocycles. The molecule has 0 bridgehead atoms. The predicted molar refractivity (Wildman–Crippen MR) is 212 cm³/mol. The van der Waals surface area contributed by atoms with Crippen LogP contribution in [-0.2, 0) is 35.5 Å². The fraction of sp³-hybridized carbons (Fsp3) is 0.293. The van der Waals surface area contributed by atoms with Crippen LogP contribution < -0.4 is 9.81 Å². The summed E-state index contributed by atoms with van der Waals surface area (Å²) in [5, 5.41) is 0. The Morgan fingerprint density at radius 1 is 0.696 bits per heavy atom. The van der Waals surface area contributed by atoms with E-state index in [4.69, 9.17) is 4.21 Å². The first kappa shape index (κ1) is 37.5. The first-order valence-corrected chi connectivity index (χ1v) is 24.0. The van der Waals surface area contributed by atoms with Crippen molar-refractivity contribution in [2.24, 2.45) is 0 Å². The van der Waals surface area contributed by atoms with Gasteiger partial charge in [0.2, 0.25) is 0 Å². The van der Waals surface area contributed by atoms with E-state index in [1.54, 1.807) is 3.27 Å². The van der Waals surface area contributed by atoms with Crippen LogP contribution in [0.1, 0.15) is 81.3 Å². The number of hydrogen-bond donors (Lipinski definition) is 0. The Hall–Kier alpha value is -1.35. The van der Waals surface area contributed by atoms with Gasteiger partial charge in [-0.3, -0.25) is 0 Å². The Balaban J connectivity index is 0.00000240. The van der Waals surface area contributed by atoms with Crippen molar-refractivity contribution in [1.82, 2.24) is 0 Å². The molecule has 5 heteroatoms. The molecule has 0 aliphatic heterocycles. The van der Waals surface area contributed by atoms with Gasteiger partial charge in [-0.15, -0.1) is 24.8 Å². The molecular formula is C41H46Br2Cl2Zr. The molecule has 6 rings (SSSR count). The van der Waals surface area contributed by atoms with E-state index in [2.05, 4.69) is 172 Å². The second-order valence-corrected chi connectivity index (χ2v) is 29.9. The average molecular weight is 861 g/mol. The summed E-state index contributed by atoms with van der Waals surface area (Å²) >= 11 is 2.66. The van der Waals surface area contributed by atoms with Gasteiger partial charge in [0.1, 0.15) is 0 Å². The zero-order valence-electron chi connectivity index (χ0n) is 28.3. The SMILES string of the molecule is Cl.Cl.[CH2]=[Zr]([C]1=CC=CC1)([c]1ccc(Br)cc1)([c]1ccc(Br)cc1)[c]1c(C)c(C(C)(C)C)cc2c1Cc1cc(C)c(C(C)(C)C)cc1-2. The molecule has 0 fully saturated rings. The maximum absolute atomic E-state index is 5.72. The molecule has 2 aliphatic rings. The van der Waals surface area contributed by atoms with E-state index in [1.807, 2.05) is 0 Å². The number of benzene rings is 4. The predicted octanol–water partition coefficient (Wildman–Crippen LogP) is 11.1. The van der Waals surface area contributed by atoms with Crippen molar-refractivity contribution in [2.45, 2.75) is 79.1 Å². The van der Waals surface area contributed by atoms with E-state index in [0.29, 0.717) is 0 Å². The fourth-order valence-corrected chi connectivity index (χ4v) is 25.3. The number of halogens is 4. The molecule has 4 aromatic carbocycles. The molecule has 242 valence electrons. The van der Waals surface area contributed by atoms with Crippen molar-refractivity contribution >= 4 is 70.7 Å². The molecule has 0 atom stereocenters. The van der Waals surface area contributed by atoms with Crippen LogP contribution in [-0.4, -0.2) is 4.21 Å². The molecule has 0 saturated heterocycles. The normalized spacial score (nSPS) is 14.3. The summed E-state index contributed by atoms with van der Waals surface area (Å²) in [4.78, 5) is 0. The van der Waals surface area contributed by atoms with Gasteiger partial charge in [0, 0.05) is 0 Å². The standard InChI is InChI=1S/C23H29.2C6H4Br.C5H5.CH2.2ClH.Zr/c1-14-9-16-11-17-10-15(2)21(23(6,7)8)13-19(17)18(16)12-20(14)22(3,4)5;2*7-6-4-2-1-3-5-6;1-2-4-5-3-1;;;;/h9,12-13H,11H2,1-8H3;2*2-5H;1-3H,4H2;1H2;2*1H;. The zero-order valence-corrected chi connectivity index (χ0v) is 35.5. The molecule has 0 aromatic heterocycles. The molecular weight excluding hydrogens is 814 g/mol. The van der Waals surface area contributed by atoms with Gasteiger partial charge in [-0.2, -0.15) is 0 Å². The summed E-state index contributed by atoms with van der Waals surface area (Å²) < 4.78 is 13.8. The summed E-state index contributed by atoms with van der Waals surface area (Å²) in [6.07, 6.45) is 8.91. The van der Waals surface area contributed by atoms with Crippen molar-refractivity contribution in [1.29, 1.82) is 0 Å². The Morgan fingerprint density at radius 3 is 1.65 bits per heavy atom. The van der Waals surface area contributed by atoms with Crippen LogP contribution in [0.5, 0.6) is 0 Å². The number of aryl methyl sites for hydroxylation is 1. The molecule has 46 heavy (non-hydrogen) atoms. The summed E-state index contributed by atoms with van der Waals surface area (Å²) in [7, 11) is 0. The summed E-state index contributed by atoms with van der Waals surface area (Å²) in [5.74, 6) is 0. The molecule has 0 saturated carbocycles. The number of allylic oxidation sites excluding steroid dienone is 4. The van der Waals surface area contributed by atoms with Gasteiger partial charge in [0.05, 0.1) is 0 Å². The Kier molecular flexibility index (Phi) is 10.5. The maximum atomic E-state index is 5.72. The monoisotopic (exact) mass is 856 g/mol. The van der Waals surface area contributed by atoms with Gasteiger partial charge in [-0.05, 0) is 0 Å². The van der Waals surface area contributed by atoms with Gasteiger partial charge in [-0.1, -0.05) is 0 Å². The van der Waals surface area contributed by atoms with E-state index in [-0.39, 0.29) is 35.6 Å². The quantitative estimate of drug-likeness (QED) is 0.169.